The molecule has 4 heteroatoms. The van der Waals surface area contributed by atoms with Gasteiger partial charge in [-0.1, -0.05) is 0 Å². The number of nitrogens with one attached hydrogen (secondary N) is 1. The third kappa shape index (κ3) is 1.65. The second-order valence-electron chi connectivity index (χ2n) is 2.78. The Bertz CT molecular complexity index is 268. The van der Waals surface area contributed by atoms with Gasteiger partial charge in [0.1, 0.15) is 5.82 Å². The summed E-state index contributed by atoms with van der Waals surface area (Å²) >= 11 is 0. The lowest BCUT2D eigenvalue weighted by molar-refractivity contribution is 0.0842. The fraction of sp³-hybridized carbons (Fsp3) is 0.625. The molecule has 1 heterocycles. The molecule has 0 aromatic carbocycles. The van der Waals surface area contributed by atoms with Crippen molar-refractivity contribution in [1.82, 2.24) is 15.0 Å². The Hall–Kier alpha value is -0.870. The van der Waals surface area contributed by atoms with Crippen LogP contribution in [-0.4, -0.2) is 16.7 Å². The molecule has 1 aromatic rings. The van der Waals surface area contributed by atoms with Crippen LogP contribution in [0.4, 0.5) is 0 Å². The molecule has 0 saturated carbocycles. The van der Waals surface area contributed by atoms with Gasteiger partial charge in [0, 0.05) is 12.7 Å². The SMILES string of the molecule is CONCc1nc(C)c(C)n1C. The zero-order chi connectivity index (χ0) is 9.14. The van der Waals surface area contributed by atoms with E-state index in [0.717, 1.165) is 11.5 Å². The highest BCUT2D eigenvalue weighted by atomic mass is 16.6. The van der Waals surface area contributed by atoms with Crippen LogP contribution in [0.5, 0.6) is 0 Å². The fourth-order valence-corrected chi connectivity index (χ4v) is 1.08. The van der Waals surface area contributed by atoms with Crippen LogP contribution in [0.15, 0.2) is 0 Å². The van der Waals surface area contributed by atoms with Gasteiger partial charge in [-0.05, 0) is 13.8 Å². The van der Waals surface area contributed by atoms with Crippen LogP contribution in [-0.2, 0) is 18.4 Å². The standard InChI is InChI=1S/C8H15N3O/c1-6-7(2)11(3)8(10-6)5-9-12-4/h9H,5H2,1-4H3. The van der Waals surface area contributed by atoms with E-state index in [0.29, 0.717) is 6.54 Å². The molecule has 0 saturated heterocycles. The van der Waals surface area contributed by atoms with Crippen molar-refractivity contribution in [3.63, 3.8) is 0 Å². The molecule has 12 heavy (non-hydrogen) atoms. The first-order valence-electron chi connectivity index (χ1n) is 3.91. The summed E-state index contributed by atoms with van der Waals surface area (Å²) in [6.07, 6.45) is 0. The minimum Gasteiger partial charge on any atom is -0.334 e. The number of hydrogen-bond acceptors (Lipinski definition) is 3. The molecule has 0 fully saturated rings. The number of rotatable bonds is 3. The molecule has 0 aliphatic heterocycles. The van der Waals surface area contributed by atoms with Crippen molar-refractivity contribution in [2.45, 2.75) is 20.4 Å². The maximum atomic E-state index is 4.75. The van der Waals surface area contributed by atoms with Crippen molar-refractivity contribution in [1.29, 1.82) is 0 Å². The third-order valence-corrected chi connectivity index (χ3v) is 2.09. The van der Waals surface area contributed by atoms with Gasteiger partial charge in [-0.3, -0.25) is 0 Å². The van der Waals surface area contributed by atoms with E-state index in [4.69, 9.17) is 4.84 Å². The molecule has 1 N–H and O–H groups in total. The molecular formula is C8H15N3O. The second-order valence-corrected chi connectivity index (χ2v) is 2.78. The van der Waals surface area contributed by atoms with Crippen LogP contribution < -0.4 is 5.48 Å². The third-order valence-electron chi connectivity index (χ3n) is 2.09. The maximum Gasteiger partial charge on any atom is 0.125 e. The van der Waals surface area contributed by atoms with E-state index < -0.39 is 0 Å². The summed E-state index contributed by atoms with van der Waals surface area (Å²) in [4.78, 5) is 9.11. The molecule has 0 amide bonds. The normalized spacial score (nSPS) is 10.7. The van der Waals surface area contributed by atoms with Gasteiger partial charge in [0.15, 0.2) is 0 Å². The number of hydroxylamine groups is 1. The van der Waals surface area contributed by atoms with E-state index in [1.165, 1.54) is 5.69 Å². The van der Waals surface area contributed by atoms with Gasteiger partial charge >= 0.3 is 0 Å². The highest BCUT2D eigenvalue weighted by molar-refractivity contribution is 5.13. The smallest absolute Gasteiger partial charge is 0.125 e. The molecule has 4 nitrogen and oxygen atoms in total. The van der Waals surface area contributed by atoms with Crippen LogP contribution >= 0.6 is 0 Å². The second kappa shape index (κ2) is 3.69. The first kappa shape index (κ1) is 9.22. The van der Waals surface area contributed by atoms with E-state index in [9.17, 15) is 0 Å². The van der Waals surface area contributed by atoms with Gasteiger partial charge in [-0.15, -0.1) is 0 Å². The number of aromatic nitrogens is 2. The highest BCUT2D eigenvalue weighted by Crippen LogP contribution is 2.06. The Balaban J connectivity index is 2.79. The Morgan fingerprint density at radius 2 is 2.17 bits per heavy atom. The summed E-state index contributed by atoms with van der Waals surface area (Å²) in [7, 11) is 3.60. The number of imidazole rings is 1. The van der Waals surface area contributed by atoms with Crippen molar-refractivity contribution >= 4 is 0 Å². The Kier molecular flexibility index (Phi) is 2.83. The quantitative estimate of drug-likeness (QED) is 0.676. The topological polar surface area (TPSA) is 39.1 Å². The van der Waals surface area contributed by atoms with Gasteiger partial charge in [-0.2, -0.15) is 5.48 Å². The van der Waals surface area contributed by atoms with E-state index in [1.807, 2.05) is 14.0 Å². The predicted molar refractivity (Wildman–Crippen MR) is 46.5 cm³/mol. The van der Waals surface area contributed by atoms with Crippen molar-refractivity contribution < 1.29 is 4.84 Å². The Labute approximate surface area is 72.5 Å². The van der Waals surface area contributed by atoms with Crippen LogP contribution in [0.1, 0.15) is 17.2 Å². The van der Waals surface area contributed by atoms with Gasteiger partial charge in [0.25, 0.3) is 0 Å². The van der Waals surface area contributed by atoms with E-state index in [2.05, 4.69) is 22.0 Å². The predicted octanol–water partition coefficient (Wildman–Crippen LogP) is 0.688. The molecule has 0 atom stereocenters. The number of hydrogen-bond donors (Lipinski definition) is 1. The van der Waals surface area contributed by atoms with E-state index in [-0.39, 0.29) is 0 Å². The lowest BCUT2D eigenvalue weighted by Gasteiger charge is -2.02. The zero-order valence-corrected chi connectivity index (χ0v) is 8.01. The van der Waals surface area contributed by atoms with Crippen molar-refractivity contribution in [3.05, 3.63) is 17.2 Å². The first-order valence-corrected chi connectivity index (χ1v) is 3.91. The summed E-state index contributed by atoms with van der Waals surface area (Å²) in [6, 6.07) is 0. The summed E-state index contributed by atoms with van der Waals surface area (Å²) in [5, 5.41) is 0. The van der Waals surface area contributed by atoms with Gasteiger partial charge in [-0.25, -0.2) is 4.98 Å². The van der Waals surface area contributed by atoms with Crippen LogP contribution in [0.2, 0.25) is 0 Å². The molecule has 0 aliphatic rings. The highest BCUT2D eigenvalue weighted by Gasteiger charge is 2.05. The van der Waals surface area contributed by atoms with Gasteiger partial charge < -0.3 is 9.40 Å². The first-order chi connectivity index (χ1) is 5.66. The van der Waals surface area contributed by atoms with Gasteiger partial charge in [0.2, 0.25) is 0 Å². The van der Waals surface area contributed by atoms with Crippen molar-refractivity contribution in [2.75, 3.05) is 7.11 Å². The van der Waals surface area contributed by atoms with Crippen molar-refractivity contribution in [2.24, 2.45) is 7.05 Å². The van der Waals surface area contributed by atoms with Gasteiger partial charge in [0.05, 0.1) is 19.3 Å². The molecule has 68 valence electrons. The lowest BCUT2D eigenvalue weighted by atomic mass is 10.4. The average Bonchev–Trinajstić information content (AvgIpc) is 2.30. The average molecular weight is 169 g/mol. The van der Waals surface area contributed by atoms with Crippen LogP contribution in [0.3, 0.4) is 0 Å². The van der Waals surface area contributed by atoms with Crippen molar-refractivity contribution in [3.8, 4) is 0 Å². The Morgan fingerprint density at radius 3 is 2.58 bits per heavy atom. The summed E-state index contributed by atoms with van der Waals surface area (Å²) in [5.74, 6) is 0.992. The lowest BCUT2D eigenvalue weighted by Crippen LogP contribution is -2.14. The summed E-state index contributed by atoms with van der Waals surface area (Å²) < 4.78 is 2.06. The molecule has 0 aliphatic carbocycles. The summed E-state index contributed by atoms with van der Waals surface area (Å²) in [6.45, 7) is 4.70. The number of nitrogens with zero attached hydrogens (tertiary/aromatic N) is 2. The maximum absolute atomic E-state index is 4.75. The Morgan fingerprint density at radius 1 is 1.50 bits per heavy atom. The molecule has 0 unspecified atom stereocenters. The monoisotopic (exact) mass is 169 g/mol. The molecule has 0 radical (unpaired) electrons. The minimum absolute atomic E-state index is 0.641. The van der Waals surface area contributed by atoms with Crippen LogP contribution in [0, 0.1) is 13.8 Å². The molecule has 1 rings (SSSR count). The fourth-order valence-electron chi connectivity index (χ4n) is 1.08. The largest absolute Gasteiger partial charge is 0.334 e. The molecule has 0 bridgehead atoms. The van der Waals surface area contributed by atoms with Crippen LogP contribution in [0.25, 0.3) is 0 Å². The molecule has 0 spiro atoms. The summed E-state index contributed by atoms with van der Waals surface area (Å²) in [5.41, 5.74) is 5.03. The van der Waals surface area contributed by atoms with E-state index >= 15 is 0 Å². The molecule has 1 aromatic heterocycles. The van der Waals surface area contributed by atoms with E-state index in [1.54, 1.807) is 7.11 Å². The minimum atomic E-state index is 0.641. The number of aryl methyl sites for hydroxylation is 1. The molecular weight excluding hydrogens is 154 g/mol. The zero-order valence-electron chi connectivity index (χ0n) is 8.01.